The number of rotatable bonds is 6. The second-order valence-electron chi connectivity index (χ2n) is 7.37. The number of nitrogens with one attached hydrogen (secondary N) is 1. The highest BCUT2D eigenvalue weighted by Crippen LogP contribution is 2.39. The lowest BCUT2D eigenvalue weighted by molar-refractivity contribution is 0.540. The molecule has 0 saturated carbocycles. The van der Waals surface area contributed by atoms with Gasteiger partial charge in [0.25, 0.3) is 0 Å². The van der Waals surface area contributed by atoms with Crippen LogP contribution in [0.2, 0.25) is 0 Å². The number of benzene rings is 1. The van der Waals surface area contributed by atoms with Gasteiger partial charge in [0.15, 0.2) is 0 Å². The van der Waals surface area contributed by atoms with Gasteiger partial charge in [-0.1, -0.05) is 39.3 Å². The summed E-state index contributed by atoms with van der Waals surface area (Å²) >= 11 is 0. The Morgan fingerprint density at radius 3 is 2.59 bits per heavy atom. The molecule has 0 fully saturated rings. The Morgan fingerprint density at radius 1 is 1.23 bits per heavy atom. The molecule has 1 aromatic carbocycles. The molecule has 1 N–H and O–H groups in total. The van der Waals surface area contributed by atoms with Gasteiger partial charge in [-0.05, 0) is 50.5 Å². The number of unbranched alkanes of at least 4 members (excludes halogenated alkanes) is 1. The van der Waals surface area contributed by atoms with E-state index in [9.17, 15) is 0 Å². The van der Waals surface area contributed by atoms with E-state index in [0.29, 0.717) is 6.04 Å². The quantitative estimate of drug-likeness (QED) is 0.796. The van der Waals surface area contributed by atoms with E-state index >= 15 is 0 Å². The molecule has 0 bridgehead atoms. The van der Waals surface area contributed by atoms with Crippen LogP contribution in [0.4, 0.5) is 5.69 Å². The maximum Gasteiger partial charge on any atom is 0.0534 e. The Kier molecular flexibility index (Phi) is 5.33. The predicted molar refractivity (Wildman–Crippen MR) is 98.4 cm³/mol. The van der Waals surface area contributed by atoms with E-state index in [-0.39, 0.29) is 5.54 Å². The topological polar surface area (TPSA) is 15.3 Å². The van der Waals surface area contributed by atoms with E-state index in [4.69, 9.17) is 0 Å². The van der Waals surface area contributed by atoms with Gasteiger partial charge in [0.1, 0.15) is 0 Å². The fourth-order valence-corrected chi connectivity index (χ4v) is 3.29. The van der Waals surface area contributed by atoms with Gasteiger partial charge in [-0.2, -0.15) is 0 Å². The highest BCUT2D eigenvalue weighted by Gasteiger charge is 2.30. The average molecular weight is 300 g/mol. The number of hydrogen-bond acceptors (Lipinski definition) is 2. The van der Waals surface area contributed by atoms with Gasteiger partial charge in [0.2, 0.25) is 0 Å². The van der Waals surface area contributed by atoms with Gasteiger partial charge in [-0.15, -0.1) is 0 Å². The normalized spacial score (nSPS) is 16.7. The highest BCUT2D eigenvalue weighted by molar-refractivity contribution is 5.81. The van der Waals surface area contributed by atoms with E-state index < -0.39 is 0 Å². The maximum atomic E-state index is 3.51. The summed E-state index contributed by atoms with van der Waals surface area (Å²) in [5, 5.41) is 3.51. The highest BCUT2D eigenvalue weighted by atomic mass is 15.2. The molecule has 0 atom stereocenters. The van der Waals surface area contributed by atoms with E-state index in [1.807, 2.05) is 0 Å². The third-order valence-electron chi connectivity index (χ3n) is 4.49. The molecule has 0 unspecified atom stereocenters. The van der Waals surface area contributed by atoms with Gasteiger partial charge < -0.3 is 10.2 Å². The van der Waals surface area contributed by atoms with Crippen LogP contribution in [0.1, 0.15) is 65.5 Å². The number of fused-ring (bicyclic) bond motifs is 1. The van der Waals surface area contributed by atoms with Crippen LogP contribution in [0.15, 0.2) is 24.3 Å². The maximum absolute atomic E-state index is 3.51. The number of allylic oxidation sites excluding steroid dienone is 1. The van der Waals surface area contributed by atoms with Crippen molar-refractivity contribution >= 4 is 11.3 Å². The monoisotopic (exact) mass is 300 g/mol. The second-order valence-corrected chi connectivity index (χ2v) is 7.37. The average Bonchev–Trinajstić information content (AvgIpc) is 2.44. The summed E-state index contributed by atoms with van der Waals surface area (Å²) in [7, 11) is 0. The minimum atomic E-state index is 0.101. The predicted octanol–water partition coefficient (Wildman–Crippen LogP) is 4.99. The minimum absolute atomic E-state index is 0.101. The molecule has 0 aromatic heterocycles. The summed E-state index contributed by atoms with van der Waals surface area (Å²) in [6.07, 6.45) is 4.90. The summed E-state index contributed by atoms with van der Waals surface area (Å²) in [4.78, 5) is 2.57. The third kappa shape index (κ3) is 3.73. The zero-order chi connectivity index (χ0) is 16.3. The molecule has 0 radical (unpaired) electrons. The fraction of sp³-hybridized carbons (Fsp3) is 0.600. The van der Waals surface area contributed by atoms with Gasteiger partial charge in [0, 0.05) is 30.4 Å². The Labute approximate surface area is 136 Å². The Bertz CT molecular complexity index is 541. The van der Waals surface area contributed by atoms with Crippen molar-refractivity contribution in [3.8, 4) is 0 Å². The summed E-state index contributed by atoms with van der Waals surface area (Å²) < 4.78 is 0. The van der Waals surface area contributed by atoms with Crippen LogP contribution in [0.3, 0.4) is 0 Å². The van der Waals surface area contributed by atoms with Crippen LogP contribution in [0.25, 0.3) is 5.57 Å². The fourth-order valence-electron chi connectivity index (χ4n) is 3.29. The summed E-state index contributed by atoms with van der Waals surface area (Å²) in [6.45, 7) is 15.6. The first-order chi connectivity index (χ1) is 10.3. The smallest absolute Gasteiger partial charge is 0.0534 e. The van der Waals surface area contributed by atoms with Crippen molar-refractivity contribution in [3.05, 3.63) is 35.4 Å². The van der Waals surface area contributed by atoms with Crippen molar-refractivity contribution in [2.75, 3.05) is 11.4 Å². The summed E-state index contributed by atoms with van der Waals surface area (Å²) in [5.41, 5.74) is 5.67. The molecule has 2 rings (SSSR count). The summed E-state index contributed by atoms with van der Waals surface area (Å²) in [6, 6.07) is 7.49. The van der Waals surface area contributed by atoms with E-state index in [1.165, 1.54) is 35.2 Å². The van der Waals surface area contributed by atoms with Gasteiger partial charge >= 0.3 is 0 Å². The Morgan fingerprint density at radius 2 is 1.95 bits per heavy atom. The second kappa shape index (κ2) is 6.87. The molecular formula is C20H32N2. The van der Waals surface area contributed by atoms with Crippen molar-refractivity contribution in [1.29, 1.82) is 0 Å². The number of hydrogen-bond donors (Lipinski definition) is 1. The first-order valence-electron chi connectivity index (χ1n) is 8.69. The van der Waals surface area contributed by atoms with Crippen molar-refractivity contribution in [2.45, 2.75) is 72.5 Å². The zero-order valence-corrected chi connectivity index (χ0v) is 15.2. The third-order valence-corrected chi connectivity index (χ3v) is 4.49. The molecule has 22 heavy (non-hydrogen) atoms. The van der Waals surface area contributed by atoms with Crippen LogP contribution in [0, 0.1) is 0 Å². The molecule has 1 heterocycles. The molecule has 0 amide bonds. The molecule has 0 spiro atoms. The Hall–Kier alpha value is -1.28. The van der Waals surface area contributed by atoms with E-state index in [2.05, 4.69) is 76.0 Å². The molecule has 1 aliphatic rings. The Balaban J connectivity index is 2.33. The lowest BCUT2D eigenvalue weighted by Crippen LogP contribution is -2.45. The number of anilines is 1. The van der Waals surface area contributed by atoms with Crippen LogP contribution in [-0.2, 0) is 6.54 Å². The van der Waals surface area contributed by atoms with Gasteiger partial charge in [0.05, 0.1) is 5.54 Å². The van der Waals surface area contributed by atoms with Gasteiger partial charge in [-0.25, -0.2) is 0 Å². The molecule has 1 aliphatic heterocycles. The van der Waals surface area contributed by atoms with E-state index in [0.717, 1.165) is 13.1 Å². The molecule has 122 valence electrons. The first-order valence-corrected chi connectivity index (χ1v) is 8.69. The number of nitrogens with zero attached hydrogens (tertiary/aromatic N) is 1. The van der Waals surface area contributed by atoms with Crippen LogP contribution >= 0.6 is 0 Å². The van der Waals surface area contributed by atoms with E-state index in [1.54, 1.807) is 0 Å². The molecule has 2 nitrogen and oxygen atoms in total. The van der Waals surface area contributed by atoms with Crippen LogP contribution in [0.5, 0.6) is 0 Å². The molecule has 1 aromatic rings. The van der Waals surface area contributed by atoms with Crippen molar-refractivity contribution in [2.24, 2.45) is 0 Å². The summed E-state index contributed by atoms with van der Waals surface area (Å²) in [5.74, 6) is 0. The lowest BCUT2D eigenvalue weighted by atomic mass is 9.87. The van der Waals surface area contributed by atoms with Crippen molar-refractivity contribution in [3.63, 3.8) is 0 Å². The van der Waals surface area contributed by atoms with Crippen LogP contribution in [-0.4, -0.2) is 18.1 Å². The minimum Gasteiger partial charge on any atom is -0.362 e. The van der Waals surface area contributed by atoms with Crippen molar-refractivity contribution < 1.29 is 0 Å². The molecule has 0 aliphatic carbocycles. The molecular weight excluding hydrogens is 268 g/mol. The SMILES string of the molecule is CCCCN1c2ccc(CNC(C)C)cc2C(C)=CC1(C)C. The lowest BCUT2D eigenvalue weighted by Gasteiger charge is -2.43. The first kappa shape index (κ1) is 17.1. The standard InChI is InChI=1S/C20H32N2/c1-7-8-11-22-19-10-9-17(14-21-15(2)3)12-18(19)16(4)13-20(22,5)6/h9-10,12-13,15,21H,7-8,11,14H2,1-6H3. The van der Waals surface area contributed by atoms with Gasteiger partial charge in [-0.3, -0.25) is 0 Å². The molecule has 0 saturated heterocycles. The zero-order valence-electron chi connectivity index (χ0n) is 15.2. The van der Waals surface area contributed by atoms with Crippen LogP contribution < -0.4 is 10.2 Å². The molecule has 2 heteroatoms. The van der Waals surface area contributed by atoms with Crippen molar-refractivity contribution in [1.82, 2.24) is 5.32 Å². The largest absolute Gasteiger partial charge is 0.362 e.